The Kier molecular flexibility index (Phi) is 3.78. The topological polar surface area (TPSA) is 20.3 Å². The lowest BCUT2D eigenvalue weighted by atomic mass is 9.89. The maximum atomic E-state index is 13.5. The molecule has 0 unspecified atom stereocenters. The Bertz CT molecular complexity index is 464. The highest BCUT2D eigenvalue weighted by Gasteiger charge is 2.34. The minimum atomic E-state index is -4.66. The van der Waals surface area contributed by atoms with Gasteiger partial charge in [-0.1, -0.05) is 6.07 Å². The van der Waals surface area contributed by atoms with E-state index in [9.17, 15) is 22.4 Å². The number of amides is 1. The number of hydrogen-bond acceptors (Lipinski definition) is 1. The van der Waals surface area contributed by atoms with E-state index in [1.165, 1.54) is 6.07 Å². The lowest BCUT2D eigenvalue weighted by molar-refractivity contribution is -0.140. The Labute approximate surface area is 108 Å². The van der Waals surface area contributed by atoms with Crippen LogP contribution >= 0.6 is 0 Å². The van der Waals surface area contributed by atoms with Crippen molar-refractivity contribution >= 4 is 6.41 Å². The number of rotatable bonds is 2. The van der Waals surface area contributed by atoms with Crippen molar-refractivity contribution in [2.24, 2.45) is 0 Å². The van der Waals surface area contributed by atoms with Gasteiger partial charge in [-0.05, 0) is 36.5 Å². The van der Waals surface area contributed by atoms with Gasteiger partial charge in [0.2, 0.25) is 6.41 Å². The molecule has 104 valence electrons. The van der Waals surface area contributed by atoms with E-state index in [2.05, 4.69) is 0 Å². The number of carbonyl (C=O) groups is 1. The molecule has 0 spiro atoms. The molecule has 0 N–H and O–H groups in total. The molecule has 0 aliphatic carbocycles. The molecule has 0 saturated carbocycles. The van der Waals surface area contributed by atoms with Crippen LogP contribution in [0.2, 0.25) is 0 Å². The van der Waals surface area contributed by atoms with Crippen molar-refractivity contribution in [2.45, 2.75) is 24.9 Å². The van der Waals surface area contributed by atoms with Gasteiger partial charge in [0, 0.05) is 13.1 Å². The molecule has 1 aliphatic heterocycles. The molecule has 1 aromatic rings. The fourth-order valence-corrected chi connectivity index (χ4v) is 2.35. The smallest absolute Gasteiger partial charge is 0.345 e. The molecule has 1 aliphatic rings. The highest BCUT2D eigenvalue weighted by atomic mass is 19.4. The van der Waals surface area contributed by atoms with Gasteiger partial charge in [0.05, 0.1) is 5.56 Å². The minimum absolute atomic E-state index is 0.00739. The van der Waals surface area contributed by atoms with Crippen molar-refractivity contribution in [3.63, 3.8) is 0 Å². The van der Waals surface area contributed by atoms with Crippen molar-refractivity contribution in [2.75, 3.05) is 13.1 Å². The molecule has 1 aromatic carbocycles. The van der Waals surface area contributed by atoms with E-state index >= 15 is 0 Å². The van der Waals surface area contributed by atoms with Gasteiger partial charge in [-0.15, -0.1) is 0 Å². The van der Waals surface area contributed by atoms with Crippen molar-refractivity contribution in [3.05, 3.63) is 35.1 Å². The third-order valence-electron chi connectivity index (χ3n) is 3.45. The largest absolute Gasteiger partial charge is 0.419 e. The van der Waals surface area contributed by atoms with Crippen molar-refractivity contribution in [1.82, 2.24) is 4.90 Å². The summed E-state index contributed by atoms with van der Waals surface area (Å²) in [5.41, 5.74) is -0.669. The van der Waals surface area contributed by atoms with Crippen LogP contribution in [-0.4, -0.2) is 24.4 Å². The van der Waals surface area contributed by atoms with Gasteiger partial charge in [-0.25, -0.2) is 4.39 Å². The quantitative estimate of drug-likeness (QED) is 0.599. The summed E-state index contributed by atoms with van der Waals surface area (Å²) in [5, 5.41) is 0. The molecule has 1 heterocycles. The molecule has 1 amide bonds. The monoisotopic (exact) mass is 275 g/mol. The van der Waals surface area contributed by atoms with E-state index in [-0.39, 0.29) is 5.92 Å². The first kappa shape index (κ1) is 13.8. The molecule has 1 fully saturated rings. The van der Waals surface area contributed by atoms with Crippen LogP contribution in [-0.2, 0) is 11.0 Å². The Morgan fingerprint density at radius 2 is 1.84 bits per heavy atom. The molecule has 0 bridgehead atoms. The summed E-state index contributed by atoms with van der Waals surface area (Å²) in [5.74, 6) is -1.23. The molecular formula is C13H13F4NO. The van der Waals surface area contributed by atoms with Gasteiger partial charge in [-0.3, -0.25) is 4.79 Å². The highest BCUT2D eigenvalue weighted by molar-refractivity contribution is 5.47. The molecule has 19 heavy (non-hydrogen) atoms. The van der Waals surface area contributed by atoms with Crippen LogP contribution in [0.15, 0.2) is 18.2 Å². The van der Waals surface area contributed by atoms with Gasteiger partial charge in [-0.2, -0.15) is 13.2 Å². The van der Waals surface area contributed by atoms with Crippen molar-refractivity contribution in [1.29, 1.82) is 0 Å². The highest BCUT2D eigenvalue weighted by Crippen LogP contribution is 2.34. The first-order valence-corrected chi connectivity index (χ1v) is 5.98. The summed E-state index contributed by atoms with van der Waals surface area (Å²) in [6, 6.07) is 3.08. The van der Waals surface area contributed by atoms with E-state index in [0.29, 0.717) is 31.5 Å². The van der Waals surface area contributed by atoms with Crippen LogP contribution in [0.1, 0.15) is 29.9 Å². The number of nitrogens with zero attached hydrogens (tertiary/aromatic N) is 1. The second kappa shape index (κ2) is 5.19. The van der Waals surface area contributed by atoms with E-state index in [4.69, 9.17) is 0 Å². The summed E-state index contributed by atoms with van der Waals surface area (Å²) in [4.78, 5) is 12.2. The average Bonchev–Trinajstić information content (AvgIpc) is 2.37. The standard InChI is InChI=1S/C13H13F4NO/c14-12-7-10(1-2-11(12)13(15,16)17)9-3-5-18(8-19)6-4-9/h1-2,7-9H,3-6H2. The van der Waals surface area contributed by atoms with E-state index in [1.54, 1.807) is 4.90 Å². The lowest BCUT2D eigenvalue weighted by Gasteiger charge is -2.29. The molecule has 0 atom stereocenters. The number of likely N-dealkylation sites (tertiary alicyclic amines) is 1. The van der Waals surface area contributed by atoms with E-state index in [1.807, 2.05) is 0 Å². The van der Waals surface area contributed by atoms with Crippen LogP contribution in [0.25, 0.3) is 0 Å². The zero-order valence-corrected chi connectivity index (χ0v) is 10.1. The molecule has 0 radical (unpaired) electrons. The fraction of sp³-hybridized carbons (Fsp3) is 0.462. The SMILES string of the molecule is O=CN1CCC(c2ccc(C(F)(F)F)c(F)c2)CC1. The first-order valence-electron chi connectivity index (χ1n) is 5.98. The Balaban J connectivity index is 2.15. The fourth-order valence-electron chi connectivity index (χ4n) is 2.35. The predicted octanol–water partition coefficient (Wildman–Crippen LogP) is 3.18. The van der Waals surface area contributed by atoms with Crippen LogP contribution in [0.5, 0.6) is 0 Å². The van der Waals surface area contributed by atoms with Crippen LogP contribution in [0.4, 0.5) is 17.6 Å². The summed E-state index contributed by atoms with van der Waals surface area (Å²) in [7, 11) is 0. The van der Waals surface area contributed by atoms with Crippen LogP contribution in [0, 0.1) is 5.82 Å². The number of alkyl halides is 3. The van der Waals surface area contributed by atoms with Crippen LogP contribution < -0.4 is 0 Å². The number of halogens is 4. The molecule has 6 heteroatoms. The Hall–Kier alpha value is -1.59. The van der Waals surface area contributed by atoms with Gasteiger partial charge in [0.25, 0.3) is 0 Å². The van der Waals surface area contributed by atoms with Crippen molar-refractivity contribution < 1.29 is 22.4 Å². The Morgan fingerprint density at radius 3 is 2.32 bits per heavy atom. The minimum Gasteiger partial charge on any atom is -0.345 e. The summed E-state index contributed by atoms with van der Waals surface area (Å²) < 4.78 is 50.8. The summed E-state index contributed by atoms with van der Waals surface area (Å²) >= 11 is 0. The van der Waals surface area contributed by atoms with Gasteiger partial charge < -0.3 is 4.90 Å². The predicted molar refractivity (Wildman–Crippen MR) is 61.0 cm³/mol. The Morgan fingerprint density at radius 1 is 1.21 bits per heavy atom. The second-order valence-electron chi connectivity index (χ2n) is 4.65. The summed E-state index contributed by atoms with van der Waals surface area (Å²) in [6.45, 7) is 1.10. The molecule has 2 rings (SSSR count). The maximum absolute atomic E-state index is 13.5. The number of piperidine rings is 1. The normalized spacial score (nSPS) is 17.6. The van der Waals surface area contributed by atoms with Gasteiger partial charge >= 0.3 is 6.18 Å². The zero-order chi connectivity index (χ0) is 14.0. The molecule has 0 aromatic heterocycles. The summed E-state index contributed by atoms with van der Waals surface area (Å²) in [6.07, 6.45) is -2.62. The van der Waals surface area contributed by atoms with Gasteiger partial charge in [0.1, 0.15) is 5.82 Å². The molecular weight excluding hydrogens is 262 g/mol. The molecule has 1 saturated heterocycles. The third kappa shape index (κ3) is 3.05. The number of carbonyl (C=O) groups excluding carboxylic acids is 1. The average molecular weight is 275 g/mol. The first-order chi connectivity index (χ1) is 8.91. The maximum Gasteiger partial charge on any atom is 0.419 e. The number of hydrogen-bond donors (Lipinski definition) is 0. The zero-order valence-electron chi connectivity index (χ0n) is 10.1. The second-order valence-corrected chi connectivity index (χ2v) is 4.65. The van der Waals surface area contributed by atoms with E-state index < -0.39 is 17.6 Å². The third-order valence-corrected chi connectivity index (χ3v) is 3.45. The van der Waals surface area contributed by atoms with E-state index in [0.717, 1.165) is 18.5 Å². The lowest BCUT2D eigenvalue weighted by Crippen LogP contribution is -2.31. The molecule has 2 nitrogen and oxygen atoms in total. The number of benzene rings is 1. The van der Waals surface area contributed by atoms with Crippen molar-refractivity contribution in [3.8, 4) is 0 Å². The van der Waals surface area contributed by atoms with Crippen LogP contribution in [0.3, 0.4) is 0 Å². The van der Waals surface area contributed by atoms with Gasteiger partial charge in [0.15, 0.2) is 0 Å².